The van der Waals surface area contributed by atoms with Crippen molar-refractivity contribution in [1.82, 2.24) is 4.90 Å². The van der Waals surface area contributed by atoms with Crippen molar-refractivity contribution in [2.45, 2.75) is 6.54 Å². The molecular weight excluding hydrogens is 348 g/mol. The Hall–Kier alpha value is -2.94. The molecule has 0 aliphatic rings. The van der Waals surface area contributed by atoms with Crippen molar-refractivity contribution < 1.29 is 24.0 Å². The summed E-state index contributed by atoms with van der Waals surface area (Å²) in [6, 6.07) is 5.58. The lowest BCUT2D eigenvalue weighted by Gasteiger charge is -2.16. The zero-order valence-corrected chi connectivity index (χ0v) is 14.4. The number of carbonyl (C=O) groups is 2. The number of nitrogens with zero attached hydrogens (tertiary/aromatic N) is 2. The van der Waals surface area contributed by atoms with Crippen molar-refractivity contribution in [3.05, 3.63) is 56.3 Å². The number of benzene rings is 1. The maximum atomic E-state index is 12.1. The third kappa shape index (κ3) is 4.77. The number of rotatable bonds is 7. The smallest absolute Gasteiger partial charge is 0.338 e. The fraction of sp³-hybridized carbons (Fsp3) is 0.250. The summed E-state index contributed by atoms with van der Waals surface area (Å²) in [5.41, 5.74) is 0.618. The zero-order valence-electron chi connectivity index (χ0n) is 13.6. The van der Waals surface area contributed by atoms with Gasteiger partial charge in [-0.1, -0.05) is 0 Å². The molecule has 0 aliphatic heterocycles. The van der Waals surface area contributed by atoms with E-state index in [2.05, 4.69) is 4.74 Å². The molecule has 0 spiro atoms. The maximum absolute atomic E-state index is 12.1. The summed E-state index contributed by atoms with van der Waals surface area (Å²) < 4.78 is 9.81. The SMILES string of the molecule is COC(=O)c1ccc(OCC(=O)N(C)Cc2ccsc2)c([N+](=O)[O-])c1. The van der Waals surface area contributed by atoms with Crippen LogP contribution in [0.15, 0.2) is 35.0 Å². The highest BCUT2D eigenvalue weighted by molar-refractivity contribution is 7.07. The first-order chi connectivity index (χ1) is 11.9. The highest BCUT2D eigenvalue weighted by Gasteiger charge is 2.20. The van der Waals surface area contributed by atoms with Crippen LogP contribution >= 0.6 is 11.3 Å². The lowest BCUT2D eigenvalue weighted by atomic mass is 10.2. The summed E-state index contributed by atoms with van der Waals surface area (Å²) in [4.78, 5) is 35.5. The standard InChI is InChI=1S/C16H16N2O6S/c1-17(8-11-5-6-25-10-11)15(19)9-24-14-4-3-12(16(20)23-2)7-13(14)18(21)22/h3-7,10H,8-9H2,1-2H3. The van der Waals surface area contributed by atoms with Gasteiger partial charge in [-0.2, -0.15) is 11.3 Å². The molecule has 1 amide bonds. The number of amides is 1. The molecule has 2 rings (SSSR count). The van der Waals surface area contributed by atoms with Gasteiger partial charge < -0.3 is 14.4 Å². The lowest BCUT2D eigenvalue weighted by molar-refractivity contribution is -0.385. The molecule has 25 heavy (non-hydrogen) atoms. The minimum absolute atomic E-state index is 0.0300. The predicted molar refractivity (Wildman–Crippen MR) is 90.7 cm³/mol. The van der Waals surface area contributed by atoms with E-state index in [0.29, 0.717) is 6.54 Å². The first kappa shape index (κ1) is 18.4. The second-order valence-corrected chi connectivity index (χ2v) is 5.88. The van der Waals surface area contributed by atoms with E-state index in [1.54, 1.807) is 7.05 Å². The van der Waals surface area contributed by atoms with Crippen molar-refractivity contribution in [2.75, 3.05) is 20.8 Å². The average molecular weight is 364 g/mol. The summed E-state index contributed by atoms with van der Waals surface area (Å²) >= 11 is 1.53. The van der Waals surface area contributed by atoms with Crippen LogP contribution in [0.5, 0.6) is 5.75 Å². The molecule has 0 saturated heterocycles. The number of esters is 1. The van der Waals surface area contributed by atoms with Crippen molar-refractivity contribution in [2.24, 2.45) is 0 Å². The number of nitro benzene ring substituents is 1. The summed E-state index contributed by atoms with van der Waals surface area (Å²) in [5.74, 6) is -1.10. The van der Waals surface area contributed by atoms with Crippen molar-refractivity contribution in [3.63, 3.8) is 0 Å². The fourth-order valence-corrected chi connectivity index (χ4v) is 2.68. The Morgan fingerprint density at radius 1 is 1.32 bits per heavy atom. The quantitative estimate of drug-likeness (QED) is 0.425. The third-order valence-electron chi connectivity index (χ3n) is 3.35. The topological polar surface area (TPSA) is 99.0 Å². The minimum Gasteiger partial charge on any atom is -0.477 e. The van der Waals surface area contributed by atoms with Gasteiger partial charge in [0, 0.05) is 19.7 Å². The van der Waals surface area contributed by atoms with E-state index in [0.717, 1.165) is 11.6 Å². The molecule has 8 nitrogen and oxygen atoms in total. The summed E-state index contributed by atoms with van der Waals surface area (Å²) in [6.45, 7) is 0.0775. The number of thiophene rings is 1. The number of methoxy groups -OCH3 is 1. The molecule has 0 fully saturated rings. The van der Waals surface area contributed by atoms with E-state index in [1.807, 2.05) is 16.8 Å². The monoisotopic (exact) mass is 364 g/mol. The number of nitro groups is 1. The maximum Gasteiger partial charge on any atom is 0.338 e. The Kier molecular flexibility index (Phi) is 6.07. The molecule has 0 atom stereocenters. The molecule has 2 aromatic rings. The first-order valence-corrected chi connectivity index (χ1v) is 8.11. The Labute approximate surface area is 147 Å². The third-order valence-corrected chi connectivity index (χ3v) is 4.09. The van der Waals surface area contributed by atoms with Gasteiger partial charge in [0.25, 0.3) is 5.91 Å². The molecular formula is C16H16N2O6S. The highest BCUT2D eigenvalue weighted by Crippen LogP contribution is 2.28. The van der Waals surface area contributed by atoms with Crippen molar-refractivity contribution >= 4 is 28.9 Å². The summed E-state index contributed by atoms with van der Waals surface area (Å²) in [6.07, 6.45) is 0. The average Bonchev–Trinajstić information content (AvgIpc) is 3.11. The van der Waals surface area contributed by atoms with E-state index in [4.69, 9.17) is 4.74 Å². The van der Waals surface area contributed by atoms with Gasteiger partial charge in [0.05, 0.1) is 17.6 Å². The first-order valence-electron chi connectivity index (χ1n) is 7.17. The molecule has 0 radical (unpaired) electrons. The molecule has 0 bridgehead atoms. The van der Waals surface area contributed by atoms with E-state index in [9.17, 15) is 19.7 Å². The molecule has 1 aromatic carbocycles. The number of likely N-dealkylation sites (N-methyl/N-ethyl adjacent to an activating group) is 1. The minimum atomic E-state index is -0.693. The predicted octanol–water partition coefficient (Wildman–Crippen LogP) is 2.48. The van der Waals surface area contributed by atoms with E-state index in [1.165, 1.54) is 35.5 Å². The van der Waals surface area contributed by atoms with Gasteiger partial charge in [-0.25, -0.2) is 4.79 Å². The van der Waals surface area contributed by atoms with Crippen LogP contribution in [0.2, 0.25) is 0 Å². The van der Waals surface area contributed by atoms with Gasteiger partial charge in [-0.15, -0.1) is 0 Å². The Morgan fingerprint density at radius 3 is 2.68 bits per heavy atom. The Morgan fingerprint density at radius 2 is 2.08 bits per heavy atom. The van der Waals surface area contributed by atoms with E-state index < -0.39 is 16.6 Å². The summed E-state index contributed by atoms with van der Waals surface area (Å²) in [5, 5.41) is 15.0. The van der Waals surface area contributed by atoms with Gasteiger partial charge in [0.15, 0.2) is 12.4 Å². The molecule has 0 unspecified atom stereocenters. The van der Waals surface area contributed by atoms with Crippen LogP contribution in [-0.4, -0.2) is 42.5 Å². The lowest BCUT2D eigenvalue weighted by Crippen LogP contribution is -2.30. The Balaban J connectivity index is 2.05. The van der Waals surface area contributed by atoms with Crippen LogP contribution in [-0.2, 0) is 16.1 Å². The second-order valence-electron chi connectivity index (χ2n) is 5.10. The van der Waals surface area contributed by atoms with Gasteiger partial charge in [-0.3, -0.25) is 14.9 Å². The molecule has 1 aromatic heterocycles. The highest BCUT2D eigenvalue weighted by atomic mass is 32.1. The van der Waals surface area contributed by atoms with Crippen LogP contribution in [0, 0.1) is 10.1 Å². The molecule has 132 valence electrons. The van der Waals surface area contributed by atoms with Crippen molar-refractivity contribution in [3.8, 4) is 5.75 Å². The molecule has 1 heterocycles. The van der Waals surface area contributed by atoms with Gasteiger partial charge in [0.2, 0.25) is 0 Å². The number of hydrogen-bond acceptors (Lipinski definition) is 7. The number of hydrogen-bond donors (Lipinski definition) is 0. The number of carbonyl (C=O) groups excluding carboxylic acids is 2. The van der Waals surface area contributed by atoms with Crippen LogP contribution in [0.1, 0.15) is 15.9 Å². The normalized spacial score (nSPS) is 10.2. The van der Waals surface area contributed by atoms with Crippen molar-refractivity contribution in [1.29, 1.82) is 0 Å². The fourth-order valence-electron chi connectivity index (χ4n) is 2.02. The van der Waals surface area contributed by atoms with Gasteiger partial charge in [-0.05, 0) is 34.5 Å². The van der Waals surface area contributed by atoms with Crippen LogP contribution in [0.4, 0.5) is 5.69 Å². The van der Waals surface area contributed by atoms with Crippen LogP contribution in [0.25, 0.3) is 0 Å². The summed E-state index contributed by atoms with van der Waals surface area (Å²) in [7, 11) is 2.80. The largest absolute Gasteiger partial charge is 0.477 e. The number of ether oxygens (including phenoxy) is 2. The molecule has 0 aliphatic carbocycles. The molecule has 0 N–H and O–H groups in total. The van der Waals surface area contributed by atoms with Crippen LogP contribution in [0.3, 0.4) is 0 Å². The Bertz CT molecular complexity index is 775. The van der Waals surface area contributed by atoms with Gasteiger partial charge >= 0.3 is 11.7 Å². The van der Waals surface area contributed by atoms with E-state index >= 15 is 0 Å². The van der Waals surface area contributed by atoms with Gasteiger partial charge in [0.1, 0.15) is 0 Å². The molecule has 9 heteroatoms. The second kappa shape index (κ2) is 8.25. The van der Waals surface area contributed by atoms with Crippen LogP contribution < -0.4 is 4.74 Å². The molecule has 0 saturated carbocycles. The van der Waals surface area contributed by atoms with E-state index in [-0.39, 0.29) is 23.8 Å². The zero-order chi connectivity index (χ0) is 18.4.